The summed E-state index contributed by atoms with van der Waals surface area (Å²) in [6.07, 6.45) is 0. The molecule has 1 aromatic heterocycles. The van der Waals surface area contributed by atoms with Gasteiger partial charge in [-0.25, -0.2) is 15.0 Å². The van der Waals surface area contributed by atoms with E-state index in [1.807, 2.05) is 78.9 Å². The first-order valence-corrected chi connectivity index (χ1v) is 11.7. The van der Waals surface area contributed by atoms with Crippen LogP contribution >= 0.6 is 0 Å². The normalized spacial score (nSPS) is 10.8. The highest BCUT2D eigenvalue weighted by Crippen LogP contribution is 2.29. The Balaban J connectivity index is 1.39. The summed E-state index contributed by atoms with van der Waals surface area (Å²) in [4.78, 5) is 14.4. The van der Waals surface area contributed by atoms with Crippen LogP contribution in [0.25, 0.3) is 56.1 Å². The van der Waals surface area contributed by atoms with Crippen LogP contribution in [0.2, 0.25) is 0 Å². The van der Waals surface area contributed by atoms with Crippen molar-refractivity contribution in [1.29, 1.82) is 5.26 Å². The first-order valence-electron chi connectivity index (χ1n) is 11.7. The van der Waals surface area contributed by atoms with Crippen molar-refractivity contribution in [3.05, 3.63) is 127 Å². The van der Waals surface area contributed by atoms with Crippen LogP contribution in [0, 0.1) is 11.3 Å². The molecule has 4 heteroatoms. The van der Waals surface area contributed by atoms with Crippen molar-refractivity contribution in [2.45, 2.75) is 0 Å². The number of nitriles is 1. The van der Waals surface area contributed by atoms with E-state index >= 15 is 0 Å². The molecule has 6 rings (SSSR count). The van der Waals surface area contributed by atoms with E-state index in [4.69, 9.17) is 20.2 Å². The maximum Gasteiger partial charge on any atom is 0.164 e. The Labute approximate surface area is 209 Å². The molecule has 0 aliphatic rings. The van der Waals surface area contributed by atoms with Crippen molar-refractivity contribution in [2.75, 3.05) is 0 Å². The topological polar surface area (TPSA) is 62.5 Å². The smallest absolute Gasteiger partial charge is 0.164 e. The Morgan fingerprint density at radius 2 is 0.861 bits per heavy atom. The third-order valence-corrected chi connectivity index (χ3v) is 6.15. The van der Waals surface area contributed by atoms with Crippen LogP contribution in [0.4, 0.5) is 0 Å². The van der Waals surface area contributed by atoms with E-state index in [2.05, 4.69) is 48.5 Å². The van der Waals surface area contributed by atoms with Gasteiger partial charge in [0.05, 0.1) is 11.6 Å². The summed E-state index contributed by atoms with van der Waals surface area (Å²) in [7, 11) is 0. The maximum absolute atomic E-state index is 9.15. The summed E-state index contributed by atoms with van der Waals surface area (Å²) in [6.45, 7) is 0. The largest absolute Gasteiger partial charge is 0.208 e. The van der Waals surface area contributed by atoms with Crippen molar-refractivity contribution in [3.8, 4) is 51.4 Å². The zero-order valence-electron chi connectivity index (χ0n) is 19.3. The quantitative estimate of drug-likeness (QED) is 0.272. The van der Waals surface area contributed by atoms with Crippen molar-refractivity contribution in [2.24, 2.45) is 0 Å². The Bertz CT molecular complexity index is 1660. The van der Waals surface area contributed by atoms with Gasteiger partial charge in [0, 0.05) is 16.7 Å². The van der Waals surface area contributed by atoms with Crippen molar-refractivity contribution in [1.82, 2.24) is 15.0 Å². The monoisotopic (exact) mass is 460 g/mol. The second-order valence-electron chi connectivity index (χ2n) is 8.50. The summed E-state index contributed by atoms with van der Waals surface area (Å²) in [5.74, 6) is 1.93. The van der Waals surface area contributed by atoms with Gasteiger partial charge in [-0.15, -0.1) is 0 Å². The predicted molar refractivity (Wildman–Crippen MR) is 144 cm³/mol. The predicted octanol–water partition coefficient (Wildman–Crippen LogP) is 7.56. The molecule has 0 amide bonds. The lowest BCUT2D eigenvalue weighted by molar-refractivity contribution is 1.07. The minimum Gasteiger partial charge on any atom is -0.208 e. The molecule has 0 spiro atoms. The molecule has 0 unspecified atom stereocenters. The third-order valence-electron chi connectivity index (χ3n) is 6.15. The summed E-state index contributed by atoms with van der Waals surface area (Å²) in [6, 6.07) is 42.5. The van der Waals surface area contributed by atoms with Gasteiger partial charge >= 0.3 is 0 Å². The molecule has 36 heavy (non-hydrogen) atoms. The highest BCUT2D eigenvalue weighted by atomic mass is 15.0. The van der Waals surface area contributed by atoms with Crippen LogP contribution < -0.4 is 0 Å². The average molecular weight is 461 g/mol. The molecule has 0 bridgehead atoms. The lowest BCUT2D eigenvalue weighted by atomic mass is 9.99. The van der Waals surface area contributed by atoms with E-state index in [9.17, 15) is 0 Å². The molecule has 0 saturated heterocycles. The van der Waals surface area contributed by atoms with Crippen LogP contribution in [0.5, 0.6) is 0 Å². The fourth-order valence-electron chi connectivity index (χ4n) is 4.24. The Kier molecular flexibility index (Phi) is 5.50. The molecule has 0 radical (unpaired) electrons. The highest BCUT2D eigenvalue weighted by molar-refractivity contribution is 5.88. The zero-order valence-corrected chi connectivity index (χ0v) is 19.3. The van der Waals surface area contributed by atoms with Gasteiger partial charge in [-0.05, 0) is 40.1 Å². The number of aromatic nitrogens is 3. The molecule has 0 N–H and O–H groups in total. The van der Waals surface area contributed by atoms with Gasteiger partial charge in [-0.3, -0.25) is 0 Å². The Morgan fingerprint density at radius 3 is 1.42 bits per heavy atom. The van der Waals surface area contributed by atoms with Crippen LogP contribution in [0.3, 0.4) is 0 Å². The lowest BCUT2D eigenvalue weighted by Gasteiger charge is -2.09. The fraction of sp³-hybridized carbons (Fsp3) is 0. The van der Waals surface area contributed by atoms with Gasteiger partial charge in [0.1, 0.15) is 0 Å². The van der Waals surface area contributed by atoms with Gasteiger partial charge < -0.3 is 0 Å². The van der Waals surface area contributed by atoms with Crippen LogP contribution in [-0.2, 0) is 0 Å². The van der Waals surface area contributed by atoms with Gasteiger partial charge in [0.25, 0.3) is 0 Å². The number of fused-ring (bicyclic) bond motifs is 1. The molecule has 0 fully saturated rings. The number of rotatable bonds is 4. The molecule has 0 aliphatic carbocycles. The van der Waals surface area contributed by atoms with Crippen LogP contribution in [-0.4, -0.2) is 15.0 Å². The van der Waals surface area contributed by atoms with Gasteiger partial charge in [0.15, 0.2) is 17.5 Å². The van der Waals surface area contributed by atoms with Gasteiger partial charge in [-0.1, -0.05) is 103 Å². The molecule has 6 aromatic rings. The van der Waals surface area contributed by atoms with E-state index in [1.165, 1.54) is 0 Å². The van der Waals surface area contributed by atoms with E-state index in [0.717, 1.165) is 38.6 Å². The SMILES string of the molecule is N#Cc1ccc2cc(-c3ccc(-c4nc(-c5ccccc5)nc(-c5ccccc5)n4)cc3)ccc2c1. The minimum atomic E-state index is 0.636. The first kappa shape index (κ1) is 21.4. The standard InChI is InChI=1S/C32H20N4/c33-21-22-11-12-29-20-28(18-17-27(29)19-22)23-13-15-26(16-14-23)32-35-30(24-7-3-1-4-8-24)34-31(36-32)25-9-5-2-6-10-25/h1-20H. The molecule has 168 valence electrons. The van der Waals surface area contributed by atoms with E-state index < -0.39 is 0 Å². The summed E-state index contributed by atoms with van der Waals surface area (Å²) in [5, 5.41) is 11.3. The highest BCUT2D eigenvalue weighted by Gasteiger charge is 2.12. The average Bonchev–Trinajstić information content (AvgIpc) is 2.97. The maximum atomic E-state index is 9.15. The number of hydrogen-bond acceptors (Lipinski definition) is 4. The van der Waals surface area contributed by atoms with Crippen LogP contribution in [0.15, 0.2) is 121 Å². The van der Waals surface area contributed by atoms with E-state index in [0.29, 0.717) is 23.0 Å². The molecule has 1 heterocycles. The summed E-state index contributed by atoms with van der Waals surface area (Å²) >= 11 is 0. The molecule has 4 nitrogen and oxygen atoms in total. The van der Waals surface area contributed by atoms with Crippen molar-refractivity contribution < 1.29 is 0 Å². The van der Waals surface area contributed by atoms with E-state index in [1.54, 1.807) is 0 Å². The molecular formula is C32H20N4. The number of hydrogen-bond donors (Lipinski definition) is 0. The molecule has 0 saturated carbocycles. The minimum absolute atomic E-state index is 0.636. The number of benzene rings is 5. The summed E-state index contributed by atoms with van der Waals surface area (Å²) < 4.78 is 0. The second-order valence-corrected chi connectivity index (χ2v) is 8.50. The second kappa shape index (κ2) is 9.25. The van der Waals surface area contributed by atoms with Crippen LogP contribution in [0.1, 0.15) is 5.56 Å². The summed E-state index contributed by atoms with van der Waals surface area (Å²) in [5.41, 5.74) is 5.71. The molecule has 0 aliphatic heterocycles. The van der Waals surface area contributed by atoms with Crippen molar-refractivity contribution in [3.63, 3.8) is 0 Å². The zero-order chi connectivity index (χ0) is 24.3. The molecule has 0 atom stereocenters. The van der Waals surface area contributed by atoms with Crippen molar-refractivity contribution >= 4 is 10.8 Å². The fourth-order valence-corrected chi connectivity index (χ4v) is 4.24. The lowest BCUT2D eigenvalue weighted by Crippen LogP contribution is -2.00. The Morgan fingerprint density at radius 1 is 0.417 bits per heavy atom. The van der Waals surface area contributed by atoms with Gasteiger partial charge in [-0.2, -0.15) is 5.26 Å². The first-order chi connectivity index (χ1) is 17.8. The number of nitrogens with zero attached hydrogens (tertiary/aromatic N) is 4. The Hall–Kier alpha value is -5.14. The third kappa shape index (κ3) is 4.22. The van der Waals surface area contributed by atoms with Gasteiger partial charge in [0.2, 0.25) is 0 Å². The molecular weight excluding hydrogens is 440 g/mol. The van der Waals surface area contributed by atoms with E-state index in [-0.39, 0.29) is 0 Å². The molecule has 5 aromatic carbocycles.